The van der Waals surface area contributed by atoms with Gasteiger partial charge in [0.1, 0.15) is 0 Å². The number of carbonyl (C=O) groups is 4. The monoisotopic (exact) mass is 943 g/mol. The fourth-order valence-corrected chi connectivity index (χ4v) is 8.53. The lowest BCUT2D eigenvalue weighted by atomic mass is 10.1. The van der Waals surface area contributed by atoms with Crippen molar-refractivity contribution in [1.82, 2.24) is 9.80 Å². The minimum Gasteiger partial charge on any atom is -0.469 e. The Kier molecular flexibility index (Phi) is 43.3. The van der Waals surface area contributed by atoms with Crippen LogP contribution in [0.4, 0.5) is 0 Å². The second-order valence-corrected chi connectivity index (χ2v) is 19.2. The molecule has 10 nitrogen and oxygen atoms in total. The van der Waals surface area contributed by atoms with Crippen molar-refractivity contribution in [3.63, 3.8) is 0 Å². The molecule has 0 aliphatic carbocycles. The molecule has 0 radical (unpaired) electrons. The normalized spacial score (nSPS) is 11.4. The summed E-state index contributed by atoms with van der Waals surface area (Å²) in [5.74, 6) is -0.919. The smallest absolute Gasteiger partial charge is 0.307 e. The lowest BCUT2D eigenvalue weighted by Crippen LogP contribution is -2.30. The van der Waals surface area contributed by atoms with E-state index < -0.39 is 0 Å². The van der Waals surface area contributed by atoms with Crippen LogP contribution in [0.1, 0.15) is 250 Å². The van der Waals surface area contributed by atoms with Crippen molar-refractivity contribution in [3.8, 4) is 0 Å². The van der Waals surface area contributed by atoms with Gasteiger partial charge in [-0.05, 0) is 30.4 Å². The Hall–Kier alpha value is -2.98. The van der Waals surface area contributed by atoms with Gasteiger partial charge in [0, 0.05) is 39.3 Å². The maximum atomic E-state index is 12.9. The second kappa shape index (κ2) is 46.7. The fourth-order valence-electron chi connectivity index (χ4n) is 8.53. The number of unbranched alkanes of at least 4 members (excludes halogenated alkanes) is 27. The van der Waals surface area contributed by atoms with E-state index in [0.717, 1.165) is 49.7 Å². The summed E-state index contributed by atoms with van der Waals surface area (Å²) in [6.07, 6.45) is 37.9. The van der Waals surface area contributed by atoms with Crippen molar-refractivity contribution in [2.45, 2.75) is 252 Å². The van der Waals surface area contributed by atoms with Crippen LogP contribution in [0.25, 0.3) is 0 Å². The highest BCUT2D eigenvalue weighted by Gasteiger charge is 2.16. The van der Waals surface area contributed by atoms with Crippen molar-refractivity contribution in [3.05, 3.63) is 35.4 Å². The van der Waals surface area contributed by atoms with Crippen LogP contribution in [0, 0.1) is 0 Å². The predicted molar refractivity (Wildman–Crippen MR) is 276 cm³/mol. The third-order valence-corrected chi connectivity index (χ3v) is 12.8. The first-order valence-electron chi connectivity index (χ1n) is 27.9. The Balaban J connectivity index is 2.71. The van der Waals surface area contributed by atoms with Gasteiger partial charge in [-0.15, -0.1) is 0 Å². The highest BCUT2D eigenvalue weighted by Crippen LogP contribution is 2.16. The van der Waals surface area contributed by atoms with E-state index in [4.69, 9.17) is 18.9 Å². The molecule has 0 N–H and O–H groups in total. The average Bonchev–Trinajstić information content (AvgIpc) is 3.33. The van der Waals surface area contributed by atoms with Crippen molar-refractivity contribution in [2.75, 3.05) is 53.1 Å². The number of esters is 4. The van der Waals surface area contributed by atoms with Crippen LogP contribution < -0.4 is 0 Å². The molecule has 0 fully saturated rings. The maximum absolute atomic E-state index is 12.9. The van der Waals surface area contributed by atoms with Gasteiger partial charge >= 0.3 is 23.9 Å². The molecule has 0 atom stereocenters. The fraction of sp³-hybridized carbons (Fsp3) is 0.825. The molecule has 0 saturated carbocycles. The summed E-state index contributed by atoms with van der Waals surface area (Å²) in [5, 5.41) is 0. The summed E-state index contributed by atoms with van der Waals surface area (Å²) in [5.41, 5.74) is 2.10. The Morgan fingerprint density at radius 1 is 0.373 bits per heavy atom. The second-order valence-electron chi connectivity index (χ2n) is 19.2. The van der Waals surface area contributed by atoms with E-state index in [0.29, 0.717) is 59.1 Å². The highest BCUT2D eigenvalue weighted by atomic mass is 16.5. The van der Waals surface area contributed by atoms with E-state index in [1.807, 2.05) is 6.07 Å². The van der Waals surface area contributed by atoms with E-state index >= 15 is 0 Å². The molecule has 388 valence electrons. The average molecular weight is 943 g/mol. The van der Waals surface area contributed by atoms with Gasteiger partial charge in [-0.3, -0.25) is 29.0 Å². The molecular weight excluding hydrogens is 841 g/mol. The first-order valence-corrected chi connectivity index (χ1v) is 27.9. The van der Waals surface area contributed by atoms with Gasteiger partial charge in [0.15, 0.2) is 0 Å². The summed E-state index contributed by atoms with van der Waals surface area (Å²) < 4.78 is 21.8. The minimum atomic E-state index is -0.290. The van der Waals surface area contributed by atoms with E-state index in [1.165, 1.54) is 161 Å². The molecule has 67 heavy (non-hydrogen) atoms. The van der Waals surface area contributed by atoms with Gasteiger partial charge < -0.3 is 18.9 Å². The highest BCUT2D eigenvalue weighted by molar-refractivity contribution is 5.71. The van der Waals surface area contributed by atoms with Gasteiger partial charge in [-0.2, -0.15) is 0 Å². The van der Waals surface area contributed by atoms with E-state index in [1.54, 1.807) is 0 Å². The molecule has 1 aromatic rings. The first-order chi connectivity index (χ1) is 32.8. The van der Waals surface area contributed by atoms with Crippen LogP contribution in [-0.4, -0.2) is 86.8 Å². The van der Waals surface area contributed by atoms with E-state index in [2.05, 4.69) is 48.8 Å². The zero-order chi connectivity index (χ0) is 48.7. The minimum absolute atomic E-state index is 0.207. The van der Waals surface area contributed by atoms with Crippen LogP contribution in [-0.2, 0) is 51.2 Å². The number of hydrogen-bond donors (Lipinski definition) is 0. The summed E-state index contributed by atoms with van der Waals surface area (Å²) in [6, 6.07) is 8.27. The van der Waals surface area contributed by atoms with Crippen LogP contribution in [0.5, 0.6) is 0 Å². The van der Waals surface area contributed by atoms with Crippen molar-refractivity contribution < 1.29 is 38.1 Å². The Labute approximate surface area is 411 Å². The van der Waals surface area contributed by atoms with Crippen molar-refractivity contribution in [1.29, 1.82) is 0 Å². The summed E-state index contributed by atoms with van der Waals surface area (Å²) in [6.45, 7) is 11.1. The molecule has 0 aromatic heterocycles. The molecule has 0 bridgehead atoms. The summed E-state index contributed by atoms with van der Waals surface area (Å²) in [7, 11) is 1.39. The third kappa shape index (κ3) is 40.6. The zero-order valence-corrected chi connectivity index (χ0v) is 43.9. The lowest BCUT2D eigenvalue weighted by molar-refractivity contribution is -0.145. The summed E-state index contributed by atoms with van der Waals surface area (Å²) >= 11 is 0. The van der Waals surface area contributed by atoms with Crippen LogP contribution in [0.2, 0.25) is 0 Å². The first kappa shape index (κ1) is 62.0. The number of nitrogens with zero attached hydrogens (tertiary/aromatic N) is 2. The molecule has 0 amide bonds. The Bertz CT molecular complexity index is 1280. The number of hydrogen-bond acceptors (Lipinski definition) is 10. The van der Waals surface area contributed by atoms with Gasteiger partial charge in [0.25, 0.3) is 0 Å². The molecule has 10 heteroatoms. The molecule has 0 unspecified atom stereocenters. The lowest BCUT2D eigenvalue weighted by Gasteiger charge is -2.24. The standard InChI is InChI=1S/C57H102N2O8/c1-5-8-11-14-17-20-23-26-29-32-46-65-55(61)39-43-58(42-38-54(60)64-4)50-52-36-35-37-53(49-52)51-59(44-40-56(62)66-47-33-30-27-24-21-18-15-12-9-6-2)45-41-57(63)67-48-34-31-28-25-22-19-16-13-10-7-3/h35-37,49H,5-34,38-48,50-51H2,1-4H3. The number of carbonyl (C=O) groups excluding carboxylic acids is 4. The molecule has 1 rings (SSSR count). The van der Waals surface area contributed by atoms with Gasteiger partial charge in [0.2, 0.25) is 0 Å². The quantitative estimate of drug-likeness (QED) is 0.0356. The predicted octanol–water partition coefficient (Wildman–Crippen LogP) is 14.4. The number of rotatable bonds is 49. The maximum Gasteiger partial charge on any atom is 0.307 e. The van der Waals surface area contributed by atoms with E-state index in [-0.39, 0.29) is 49.6 Å². The van der Waals surface area contributed by atoms with Crippen molar-refractivity contribution in [2.24, 2.45) is 0 Å². The molecule has 1 aromatic carbocycles. The molecule has 0 saturated heterocycles. The van der Waals surface area contributed by atoms with Crippen LogP contribution in [0.15, 0.2) is 24.3 Å². The third-order valence-electron chi connectivity index (χ3n) is 12.8. The van der Waals surface area contributed by atoms with Crippen LogP contribution >= 0.6 is 0 Å². The SMILES string of the molecule is CCCCCCCCCCCCOC(=O)CCN(CCC(=O)OC)Cc1cccc(CN(CCC(=O)OCCCCCCCCCCCC)CCC(=O)OCCCCCCCCCCCC)c1. The molecule has 0 aliphatic heterocycles. The number of ether oxygens (including phenoxy) is 4. The molecule has 0 heterocycles. The molecular formula is C57H102N2O8. The number of methoxy groups -OCH3 is 1. The molecule has 0 aliphatic rings. The Morgan fingerprint density at radius 2 is 0.627 bits per heavy atom. The van der Waals surface area contributed by atoms with Crippen LogP contribution in [0.3, 0.4) is 0 Å². The van der Waals surface area contributed by atoms with Gasteiger partial charge in [-0.25, -0.2) is 0 Å². The van der Waals surface area contributed by atoms with Gasteiger partial charge in [0.05, 0.1) is 52.6 Å². The van der Waals surface area contributed by atoms with Gasteiger partial charge in [-0.1, -0.05) is 218 Å². The summed E-state index contributed by atoms with van der Waals surface area (Å²) in [4.78, 5) is 54.9. The number of benzene rings is 1. The van der Waals surface area contributed by atoms with Crippen molar-refractivity contribution >= 4 is 23.9 Å². The topological polar surface area (TPSA) is 112 Å². The Morgan fingerprint density at radius 3 is 0.896 bits per heavy atom. The molecule has 0 spiro atoms. The zero-order valence-electron chi connectivity index (χ0n) is 43.9. The largest absolute Gasteiger partial charge is 0.469 e. The van der Waals surface area contributed by atoms with E-state index in [9.17, 15) is 19.2 Å².